The van der Waals surface area contributed by atoms with Crippen molar-refractivity contribution in [3.8, 4) is 112 Å². The maximum Gasteiger partial charge on any atom is 0.213 e. The molecule has 98 heavy (non-hydrogen) atoms. The lowest BCUT2D eigenvalue weighted by molar-refractivity contribution is -0.660. The maximum absolute atomic E-state index is 8.09. The molecular weight excluding hydrogens is 1190 g/mol. The third-order valence-corrected chi connectivity index (χ3v) is 18.3. The zero-order chi connectivity index (χ0) is 76.5. The quantitative estimate of drug-likeness (QED) is 0.121. The van der Waals surface area contributed by atoms with Crippen LogP contribution < -0.4 is 18.3 Å². The number of benzene rings is 10. The summed E-state index contributed by atoms with van der Waals surface area (Å²) >= 11 is 0. The molecule has 0 aliphatic rings. The SMILES string of the molecule is Cc1cc(C)c(-c2cc(-c3ccccc3)c(C)c[n+]2C)cc1-c1ccccc1.Cc1cc(C)c(-c2cccc[n+]2C)cc1-c1ccccc1.[2H]C([2H])([2H])c1cc(C)c(-c2cc(-c3ccccc3)c(C([2H])([2H])[2H])c[n+]2C)cc1-c1ccccc1.[2H]C([2H])([2H])c1cc(C)c(-c2cccc[n+]2C)cc1-c1ccccc1. The van der Waals surface area contributed by atoms with Crippen LogP contribution in [0.15, 0.2) is 304 Å². The second-order valence-electron chi connectivity index (χ2n) is 25.4. The number of pyridine rings is 4. The predicted molar refractivity (Wildman–Crippen MR) is 412 cm³/mol. The fourth-order valence-electron chi connectivity index (χ4n) is 13.2. The van der Waals surface area contributed by atoms with Gasteiger partial charge in [-0.1, -0.05) is 206 Å². The van der Waals surface area contributed by atoms with Gasteiger partial charge in [0.2, 0.25) is 22.8 Å². The summed E-state index contributed by atoms with van der Waals surface area (Å²) in [5, 5.41) is 0. The van der Waals surface area contributed by atoms with E-state index < -0.39 is 20.6 Å². The zero-order valence-electron chi connectivity index (χ0n) is 67.2. The first-order valence-corrected chi connectivity index (χ1v) is 33.4. The van der Waals surface area contributed by atoms with Gasteiger partial charge in [-0.15, -0.1) is 0 Å². The van der Waals surface area contributed by atoms with E-state index in [4.69, 9.17) is 12.3 Å². The lowest BCUT2D eigenvalue weighted by Gasteiger charge is -2.13. The molecule has 0 spiro atoms. The van der Waals surface area contributed by atoms with Gasteiger partial charge in [0.25, 0.3) is 0 Å². The Morgan fingerprint density at radius 2 is 0.418 bits per heavy atom. The minimum Gasteiger partial charge on any atom is -0.201 e. The van der Waals surface area contributed by atoms with E-state index in [0.717, 1.165) is 55.9 Å². The van der Waals surface area contributed by atoms with Crippen LogP contribution in [0.2, 0.25) is 0 Å². The average molecular weight is 1290 g/mol. The molecule has 0 saturated heterocycles. The van der Waals surface area contributed by atoms with Crippen LogP contribution in [0.5, 0.6) is 0 Å². The first kappa shape index (κ1) is 57.1. The van der Waals surface area contributed by atoms with E-state index in [1.54, 1.807) is 22.9 Å². The Kier molecular flexibility index (Phi) is 18.1. The Hall–Kier alpha value is -11.2. The highest BCUT2D eigenvalue weighted by molar-refractivity contribution is 5.81. The van der Waals surface area contributed by atoms with Crippen molar-refractivity contribution in [3.05, 3.63) is 359 Å². The third kappa shape index (κ3) is 15.7. The Labute approximate surface area is 596 Å². The molecule has 0 bridgehead atoms. The van der Waals surface area contributed by atoms with Gasteiger partial charge in [-0.3, -0.25) is 0 Å². The molecule has 4 heteroatoms. The van der Waals surface area contributed by atoms with Gasteiger partial charge in [0.15, 0.2) is 24.8 Å². The lowest BCUT2D eigenvalue weighted by Crippen LogP contribution is -2.31. The zero-order valence-corrected chi connectivity index (χ0v) is 58.2. The number of nitrogens with zero attached hydrogens (tertiary/aromatic N) is 4. The Balaban J connectivity index is 0.000000144. The van der Waals surface area contributed by atoms with Crippen molar-refractivity contribution in [2.24, 2.45) is 28.2 Å². The Bertz CT molecular complexity index is 5250. The normalized spacial score (nSPS) is 12.5. The summed E-state index contributed by atoms with van der Waals surface area (Å²) in [5.74, 6) is 0. The van der Waals surface area contributed by atoms with Gasteiger partial charge in [-0.05, 0) is 217 Å². The van der Waals surface area contributed by atoms with Crippen LogP contribution in [0.1, 0.15) is 68.0 Å². The molecule has 0 unspecified atom stereocenters. The molecule has 10 aromatic carbocycles. The molecule has 0 amide bonds. The van der Waals surface area contributed by atoms with Crippen molar-refractivity contribution in [2.45, 2.75) is 69.0 Å². The second kappa shape index (κ2) is 31.1. The van der Waals surface area contributed by atoms with Crippen molar-refractivity contribution in [3.63, 3.8) is 0 Å². The lowest BCUT2D eigenvalue weighted by atomic mass is 9.92. The Morgan fingerprint density at radius 3 is 0.704 bits per heavy atom. The van der Waals surface area contributed by atoms with Crippen LogP contribution in [0.25, 0.3) is 112 Å². The minimum atomic E-state index is -2.28. The summed E-state index contributed by atoms with van der Waals surface area (Å²) in [6, 6.07) is 93.8. The van der Waals surface area contributed by atoms with E-state index in [-0.39, 0.29) is 5.56 Å². The van der Waals surface area contributed by atoms with Crippen LogP contribution in [0, 0.1) is 69.0 Å². The molecule has 484 valence electrons. The number of rotatable bonds is 10. The smallest absolute Gasteiger partial charge is 0.201 e. The molecule has 4 aromatic heterocycles. The van der Waals surface area contributed by atoms with Crippen LogP contribution in [-0.2, 0) is 28.2 Å². The fourth-order valence-corrected chi connectivity index (χ4v) is 13.2. The molecule has 14 aromatic rings. The third-order valence-electron chi connectivity index (χ3n) is 18.3. The molecule has 14 rings (SSSR count). The van der Waals surface area contributed by atoms with Gasteiger partial charge < -0.3 is 0 Å². The van der Waals surface area contributed by atoms with Gasteiger partial charge in [0.1, 0.15) is 28.2 Å². The van der Waals surface area contributed by atoms with Crippen LogP contribution in [-0.4, -0.2) is 0 Å². The number of hydrogen-bond acceptors (Lipinski definition) is 0. The van der Waals surface area contributed by atoms with Crippen molar-refractivity contribution in [1.29, 1.82) is 0 Å². The summed E-state index contributed by atoms with van der Waals surface area (Å²) in [5.41, 5.74) is 30.3. The summed E-state index contributed by atoms with van der Waals surface area (Å²) in [7, 11) is 8.04. The van der Waals surface area contributed by atoms with E-state index in [1.165, 1.54) is 83.7 Å². The first-order chi connectivity index (χ1) is 51.0. The average Bonchev–Trinajstić information content (AvgIpc) is 0.764. The van der Waals surface area contributed by atoms with E-state index in [1.807, 2.05) is 166 Å². The van der Waals surface area contributed by atoms with Crippen molar-refractivity contribution in [1.82, 2.24) is 0 Å². The first-order valence-electron chi connectivity index (χ1n) is 37.9. The summed E-state index contributed by atoms with van der Waals surface area (Å²) < 4.78 is 80.5. The van der Waals surface area contributed by atoms with Gasteiger partial charge in [-0.2, -0.15) is 0 Å². The van der Waals surface area contributed by atoms with Crippen LogP contribution in [0.4, 0.5) is 0 Å². The number of aryl methyl sites for hydroxylation is 14. The summed E-state index contributed by atoms with van der Waals surface area (Å²) in [4.78, 5) is 0. The van der Waals surface area contributed by atoms with Crippen molar-refractivity contribution in [2.75, 3.05) is 0 Å². The van der Waals surface area contributed by atoms with E-state index in [0.29, 0.717) is 22.3 Å². The molecule has 0 radical (unpaired) electrons. The van der Waals surface area contributed by atoms with Gasteiger partial charge in [0, 0.05) is 82.1 Å². The van der Waals surface area contributed by atoms with E-state index in [9.17, 15) is 0 Å². The largest absolute Gasteiger partial charge is 0.213 e. The predicted octanol–water partition coefficient (Wildman–Crippen LogP) is 21.8. The molecule has 0 saturated carbocycles. The summed E-state index contributed by atoms with van der Waals surface area (Å²) in [6.07, 6.45) is 7.98. The van der Waals surface area contributed by atoms with Gasteiger partial charge in [0.05, 0.1) is 0 Å². The van der Waals surface area contributed by atoms with Crippen LogP contribution in [0.3, 0.4) is 0 Å². The van der Waals surface area contributed by atoms with Crippen molar-refractivity contribution < 1.29 is 30.6 Å². The van der Waals surface area contributed by atoms with Gasteiger partial charge >= 0.3 is 0 Å². The highest BCUT2D eigenvalue weighted by Gasteiger charge is 2.22. The highest BCUT2D eigenvalue weighted by Crippen LogP contribution is 2.37. The highest BCUT2D eigenvalue weighted by atomic mass is 14.9. The van der Waals surface area contributed by atoms with Gasteiger partial charge in [-0.25, -0.2) is 18.3 Å². The fraction of sp³-hybridized carbons (Fsp3) is 0.149. The molecular formula is C94H92N4+4. The van der Waals surface area contributed by atoms with E-state index >= 15 is 0 Å². The second-order valence-corrected chi connectivity index (χ2v) is 25.4. The monoisotopic (exact) mass is 1290 g/mol. The molecule has 0 fully saturated rings. The number of hydrogen-bond donors (Lipinski definition) is 0. The van der Waals surface area contributed by atoms with Crippen LogP contribution >= 0.6 is 0 Å². The Morgan fingerprint density at radius 1 is 0.194 bits per heavy atom. The standard InChI is InChI=1S/2C27H26N.2C20H20N/c2*1-19-15-20(2)26(16-24(19)22-11-7-5-8-12-22)27-17-25(21(3)18-28(27)4)23-13-9-6-10-14-23;2*1-15-13-16(2)19(20-11-7-8-12-21(20)3)14-18(15)17-9-5-4-6-10-17/h2*5-18H,1-4H3;2*4-14H,1-3H3/q4*+1/i1D3,3D3;;1D3;. The summed E-state index contributed by atoms with van der Waals surface area (Å²) in [6.45, 7) is 8.12. The molecule has 0 aliphatic heterocycles. The molecule has 0 aliphatic carbocycles. The number of aromatic nitrogens is 4. The molecule has 0 atom stereocenters. The topological polar surface area (TPSA) is 15.5 Å². The molecule has 0 N–H and O–H groups in total. The molecule has 4 heterocycles. The minimum absolute atomic E-state index is 0.269. The van der Waals surface area contributed by atoms with Crippen molar-refractivity contribution >= 4 is 0 Å². The maximum atomic E-state index is 8.09. The van der Waals surface area contributed by atoms with E-state index in [2.05, 4.69) is 210 Å². The molecule has 4 nitrogen and oxygen atoms in total.